The molecule has 1 aromatic carbocycles. The summed E-state index contributed by atoms with van der Waals surface area (Å²) < 4.78 is 0.781. The highest BCUT2D eigenvalue weighted by Gasteiger charge is 2.11. The third kappa shape index (κ3) is 1.43. The molecule has 4 nitrogen and oxygen atoms in total. The standard InChI is InChI=1S/C9H5IN2O2/c10-9-7-2-1-3-8(12(13)14)6(7)4-5-11-9/h1-5H. The molecular weight excluding hydrogens is 295 g/mol. The van der Waals surface area contributed by atoms with Crippen LogP contribution >= 0.6 is 22.6 Å². The molecule has 0 atom stereocenters. The van der Waals surface area contributed by atoms with Gasteiger partial charge in [-0.1, -0.05) is 12.1 Å². The molecule has 0 N–H and O–H groups in total. The van der Waals surface area contributed by atoms with E-state index in [9.17, 15) is 10.1 Å². The number of nitro groups is 1. The zero-order chi connectivity index (χ0) is 10.1. The van der Waals surface area contributed by atoms with E-state index >= 15 is 0 Å². The number of benzene rings is 1. The minimum Gasteiger partial charge on any atom is -0.258 e. The van der Waals surface area contributed by atoms with Crippen molar-refractivity contribution in [3.8, 4) is 0 Å². The van der Waals surface area contributed by atoms with Crippen molar-refractivity contribution in [1.82, 2.24) is 4.98 Å². The van der Waals surface area contributed by atoms with Crippen molar-refractivity contribution in [2.75, 3.05) is 0 Å². The van der Waals surface area contributed by atoms with Crippen LogP contribution in [-0.2, 0) is 0 Å². The molecule has 0 spiro atoms. The fraction of sp³-hybridized carbons (Fsp3) is 0. The maximum Gasteiger partial charge on any atom is 0.277 e. The summed E-state index contributed by atoms with van der Waals surface area (Å²) in [4.78, 5) is 14.4. The summed E-state index contributed by atoms with van der Waals surface area (Å²) in [7, 11) is 0. The maximum atomic E-state index is 10.7. The van der Waals surface area contributed by atoms with Gasteiger partial charge in [0.25, 0.3) is 5.69 Å². The Balaban J connectivity index is 2.88. The van der Waals surface area contributed by atoms with Gasteiger partial charge >= 0.3 is 0 Å². The van der Waals surface area contributed by atoms with Gasteiger partial charge in [0.05, 0.1) is 10.3 Å². The van der Waals surface area contributed by atoms with Crippen LogP contribution in [0.25, 0.3) is 10.8 Å². The van der Waals surface area contributed by atoms with E-state index in [0.717, 1.165) is 9.09 Å². The second-order valence-electron chi connectivity index (χ2n) is 2.73. The number of aromatic nitrogens is 1. The van der Waals surface area contributed by atoms with E-state index in [2.05, 4.69) is 27.6 Å². The molecule has 14 heavy (non-hydrogen) atoms. The topological polar surface area (TPSA) is 56.0 Å². The summed E-state index contributed by atoms with van der Waals surface area (Å²) in [6.07, 6.45) is 1.58. The van der Waals surface area contributed by atoms with Gasteiger partial charge in [0.2, 0.25) is 0 Å². The van der Waals surface area contributed by atoms with E-state index in [-0.39, 0.29) is 10.6 Å². The molecule has 0 fully saturated rings. The molecule has 2 aromatic rings. The molecule has 0 saturated heterocycles. The highest BCUT2D eigenvalue weighted by atomic mass is 127. The van der Waals surface area contributed by atoms with Gasteiger partial charge in [0.15, 0.2) is 0 Å². The molecule has 1 aromatic heterocycles. The summed E-state index contributed by atoms with van der Waals surface area (Å²) in [5.41, 5.74) is 0.128. The fourth-order valence-electron chi connectivity index (χ4n) is 1.31. The van der Waals surface area contributed by atoms with Gasteiger partial charge in [-0.05, 0) is 28.7 Å². The fourth-order valence-corrected chi connectivity index (χ4v) is 1.95. The Hall–Kier alpha value is -1.24. The molecule has 0 saturated carbocycles. The Kier molecular flexibility index (Phi) is 2.32. The van der Waals surface area contributed by atoms with Crippen molar-refractivity contribution in [3.63, 3.8) is 0 Å². The second-order valence-corrected chi connectivity index (χ2v) is 3.75. The molecule has 2 rings (SSSR count). The minimum atomic E-state index is -0.377. The molecule has 0 bridgehead atoms. The first-order chi connectivity index (χ1) is 6.70. The van der Waals surface area contributed by atoms with Crippen LogP contribution < -0.4 is 0 Å². The van der Waals surface area contributed by atoms with Crippen LogP contribution in [0.1, 0.15) is 0 Å². The Morgan fingerprint density at radius 1 is 1.29 bits per heavy atom. The summed E-state index contributed by atoms with van der Waals surface area (Å²) in [6.45, 7) is 0. The number of rotatable bonds is 1. The number of hydrogen-bond acceptors (Lipinski definition) is 3. The van der Waals surface area contributed by atoms with Crippen molar-refractivity contribution in [2.45, 2.75) is 0 Å². The third-order valence-electron chi connectivity index (χ3n) is 1.93. The van der Waals surface area contributed by atoms with Crippen molar-refractivity contribution in [3.05, 3.63) is 44.3 Å². The molecule has 5 heteroatoms. The van der Waals surface area contributed by atoms with Crippen LogP contribution in [0, 0.1) is 13.8 Å². The lowest BCUT2D eigenvalue weighted by Crippen LogP contribution is -1.91. The molecule has 0 aliphatic heterocycles. The van der Waals surface area contributed by atoms with Crippen LogP contribution in [0.3, 0.4) is 0 Å². The molecule has 0 radical (unpaired) electrons. The minimum absolute atomic E-state index is 0.128. The van der Waals surface area contributed by atoms with Crippen LogP contribution in [0.15, 0.2) is 30.5 Å². The monoisotopic (exact) mass is 300 g/mol. The van der Waals surface area contributed by atoms with E-state index in [0.29, 0.717) is 5.39 Å². The summed E-state index contributed by atoms with van der Waals surface area (Å²) in [6, 6.07) is 6.66. The van der Waals surface area contributed by atoms with Gasteiger partial charge in [-0.3, -0.25) is 10.1 Å². The van der Waals surface area contributed by atoms with Crippen LogP contribution in [-0.4, -0.2) is 9.91 Å². The predicted octanol–water partition coefficient (Wildman–Crippen LogP) is 2.75. The lowest BCUT2D eigenvalue weighted by atomic mass is 10.1. The molecule has 0 amide bonds. The predicted molar refractivity (Wildman–Crippen MR) is 61.1 cm³/mol. The molecule has 0 aliphatic carbocycles. The van der Waals surface area contributed by atoms with E-state index in [1.165, 1.54) is 6.07 Å². The Labute approximate surface area is 93.2 Å². The van der Waals surface area contributed by atoms with Crippen molar-refractivity contribution in [1.29, 1.82) is 0 Å². The van der Waals surface area contributed by atoms with Crippen LogP contribution in [0.4, 0.5) is 5.69 Å². The quantitative estimate of drug-likeness (QED) is 0.352. The molecule has 70 valence electrons. The van der Waals surface area contributed by atoms with Crippen LogP contribution in [0.5, 0.6) is 0 Å². The largest absolute Gasteiger partial charge is 0.277 e. The van der Waals surface area contributed by atoms with Crippen molar-refractivity contribution < 1.29 is 4.92 Å². The van der Waals surface area contributed by atoms with Gasteiger partial charge in [0.1, 0.15) is 3.70 Å². The zero-order valence-corrected chi connectivity index (χ0v) is 9.13. The zero-order valence-electron chi connectivity index (χ0n) is 6.98. The number of pyridine rings is 1. The second kappa shape index (κ2) is 3.49. The van der Waals surface area contributed by atoms with E-state index in [4.69, 9.17) is 0 Å². The summed E-state index contributed by atoms with van der Waals surface area (Å²) in [5, 5.41) is 12.2. The maximum absolute atomic E-state index is 10.7. The Morgan fingerprint density at radius 2 is 2.07 bits per heavy atom. The van der Waals surface area contributed by atoms with Crippen LogP contribution in [0.2, 0.25) is 0 Å². The van der Waals surface area contributed by atoms with E-state index in [1.807, 2.05) is 6.07 Å². The first-order valence-corrected chi connectivity index (χ1v) is 4.95. The third-order valence-corrected chi connectivity index (χ3v) is 2.79. The summed E-state index contributed by atoms with van der Waals surface area (Å²) >= 11 is 2.06. The highest BCUT2D eigenvalue weighted by Crippen LogP contribution is 2.26. The molecule has 0 unspecified atom stereocenters. The van der Waals surface area contributed by atoms with E-state index < -0.39 is 0 Å². The van der Waals surface area contributed by atoms with E-state index in [1.54, 1.807) is 18.3 Å². The van der Waals surface area contributed by atoms with Gasteiger partial charge in [-0.25, -0.2) is 4.98 Å². The Morgan fingerprint density at radius 3 is 2.79 bits per heavy atom. The first-order valence-electron chi connectivity index (χ1n) is 3.88. The summed E-state index contributed by atoms with van der Waals surface area (Å²) in [5.74, 6) is 0. The normalized spacial score (nSPS) is 10.4. The SMILES string of the molecule is O=[N+]([O-])c1cccc2c(I)nccc12. The van der Waals surface area contributed by atoms with Gasteiger partial charge in [0, 0.05) is 17.6 Å². The lowest BCUT2D eigenvalue weighted by molar-refractivity contribution is -0.383. The number of non-ortho nitro benzene ring substituents is 1. The van der Waals surface area contributed by atoms with Crippen molar-refractivity contribution >= 4 is 39.1 Å². The number of nitro benzene ring substituents is 1. The number of halogens is 1. The number of fused-ring (bicyclic) bond motifs is 1. The Bertz CT molecular complexity index is 513. The highest BCUT2D eigenvalue weighted by molar-refractivity contribution is 14.1. The average Bonchev–Trinajstić information content (AvgIpc) is 2.17. The molecular formula is C9H5IN2O2. The number of hydrogen-bond donors (Lipinski definition) is 0. The average molecular weight is 300 g/mol. The van der Waals surface area contributed by atoms with Gasteiger partial charge < -0.3 is 0 Å². The van der Waals surface area contributed by atoms with Crippen molar-refractivity contribution in [2.24, 2.45) is 0 Å². The number of nitrogens with zero attached hydrogens (tertiary/aromatic N) is 2. The molecule has 1 heterocycles. The molecule has 0 aliphatic rings. The van der Waals surface area contributed by atoms with Gasteiger partial charge in [-0.2, -0.15) is 0 Å². The lowest BCUT2D eigenvalue weighted by Gasteiger charge is -1.99. The smallest absolute Gasteiger partial charge is 0.258 e. The first kappa shape index (κ1) is 9.32. The van der Waals surface area contributed by atoms with Gasteiger partial charge in [-0.15, -0.1) is 0 Å².